The summed E-state index contributed by atoms with van der Waals surface area (Å²) in [5.74, 6) is -0.162. The van der Waals surface area contributed by atoms with Gasteiger partial charge in [-0.3, -0.25) is 4.90 Å². The standard InChI is InChI=1S/C15H23FN2O2/c1-12(19)13-3-4-15(14(16)11-13)20-10-9-18-7-5-17(2)6-8-18/h3-4,11-12,19H,5-10H2,1-2H3/t12-/m0/s1. The number of aliphatic hydroxyl groups is 1. The molecule has 0 unspecified atom stereocenters. The molecule has 112 valence electrons. The lowest BCUT2D eigenvalue weighted by molar-refractivity contribution is 0.132. The van der Waals surface area contributed by atoms with Crippen LogP contribution in [-0.4, -0.2) is 61.3 Å². The topological polar surface area (TPSA) is 35.9 Å². The van der Waals surface area contributed by atoms with Crippen LogP contribution in [0.5, 0.6) is 5.75 Å². The summed E-state index contributed by atoms with van der Waals surface area (Å²) in [7, 11) is 2.12. The van der Waals surface area contributed by atoms with Crippen LogP contribution in [0.15, 0.2) is 18.2 Å². The monoisotopic (exact) mass is 282 g/mol. The maximum atomic E-state index is 13.8. The number of hydrogen-bond acceptors (Lipinski definition) is 4. The molecule has 1 fully saturated rings. The SMILES string of the molecule is C[C@H](O)c1ccc(OCCN2CCN(C)CC2)c(F)c1. The van der Waals surface area contributed by atoms with Crippen LogP contribution in [0.2, 0.25) is 0 Å². The van der Waals surface area contributed by atoms with Gasteiger partial charge in [-0.1, -0.05) is 6.07 Å². The van der Waals surface area contributed by atoms with Crippen LogP contribution in [-0.2, 0) is 0 Å². The van der Waals surface area contributed by atoms with Gasteiger partial charge in [0.25, 0.3) is 0 Å². The van der Waals surface area contributed by atoms with Crippen molar-refractivity contribution in [2.45, 2.75) is 13.0 Å². The van der Waals surface area contributed by atoms with Crippen molar-refractivity contribution in [2.24, 2.45) is 0 Å². The molecule has 5 heteroatoms. The molecular weight excluding hydrogens is 259 g/mol. The van der Waals surface area contributed by atoms with E-state index in [-0.39, 0.29) is 5.75 Å². The molecule has 0 saturated carbocycles. The second-order valence-electron chi connectivity index (χ2n) is 5.36. The minimum Gasteiger partial charge on any atom is -0.489 e. The molecule has 1 atom stereocenters. The molecule has 2 rings (SSSR count). The van der Waals surface area contributed by atoms with Crippen LogP contribution in [0, 0.1) is 5.82 Å². The second kappa shape index (κ2) is 7.02. The Balaban J connectivity index is 1.79. The Hall–Kier alpha value is -1.17. The minimum absolute atomic E-state index is 0.253. The van der Waals surface area contributed by atoms with E-state index in [0.29, 0.717) is 12.2 Å². The smallest absolute Gasteiger partial charge is 0.165 e. The quantitative estimate of drug-likeness (QED) is 0.888. The molecular formula is C15H23FN2O2. The fourth-order valence-electron chi connectivity index (χ4n) is 2.25. The summed E-state index contributed by atoms with van der Waals surface area (Å²) in [4.78, 5) is 4.62. The van der Waals surface area contributed by atoms with Crippen LogP contribution in [0.25, 0.3) is 0 Å². The number of likely N-dealkylation sites (N-methyl/N-ethyl adjacent to an activating group) is 1. The third-order valence-electron chi connectivity index (χ3n) is 3.70. The van der Waals surface area contributed by atoms with Crippen molar-refractivity contribution in [2.75, 3.05) is 46.4 Å². The van der Waals surface area contributed by atoms with E-state index < -0.39 is 11.9 Å². The van der Waals surface area contributed by atoms with Gasteiger partial charge in [0.2, 0.25) is 0 Å². The lowest BCUT2D eigenvalue weighted by Gasteiger charge is -2.32. The molecule has 1 aromatic rings. The van der Waals surface area contributed by atoms with Gasteiger partial charge in [-0.25, -0.2) is 4.39 Å². The van der Waals surface area contributed by atoms with E-state index in [1.165, 1.54) is 6.07 Å². The van der Waals surface area contributed by atoms with Crippen LogP contribution < -0.4 is 4.74 Å². The first-order valence-electron chi connectivity index (χ1n) is 7.07. The summed E-state index contributed by atoms with van der Waals surface area (Å²) in [5, 5.41) is 9.39. The van der Waals surface area contributed by atoms with Crippen molar-refractivity contribution in [1.82, 2.24) is 9.80 Å². The fraction of sp³-hybridized carbons (Fsp3) is 0.600. The number of rotatable bonds is 5. The summed E-state index contributed by atoms with van der Waals surface area (Å²) in [6.45, 7) is 7.10. The summed E-state index contributed by atoms with van der Waals surface area (Å²) in [6, 6.07) is 4.61. The maximum absolute atomic E-state index is 13.8. The zero-order chi connectivity index (χ0) is 14.5. The molecule has 1 aliphatic heterocycles. The third kappa shape index (κ3) is 4.16. The molecule has 0 radical (unpaired) electrons. The van der Waals surface area contributed by atoms with Crippen molar-refractivity contribution in [3.05, 3.63) is 29.6 Å². The van der Waals surface area contributed by atoms with Gasteiger partial charge < -0.3 is 14.7 Å². The van der Waals surface area contributed by atoms with Crippen molar-refractivity contribution in [3.63, 3.8) is 0 Å². The van der Waals surface area contributed by atoms with Crippen LogP contribution in [0.1, 0.15) is 18.6 Å². The third-order valence-corrected chi connectivity index (χ3v) is 3.70. The van der Waals surface area contributed by atoms with E-state index in [0.717, 1.165) is 32.7 Å². The normalized spacial score (nSPS) is 19.0. The van der Waals surface area contributed by atoms with Crippen molar-refractivity contribution < 1.29 is 14.2 Å². The highest BCUT2D eigenvalue weighted by molar-refractivity contribution is 5.30. The minimum atomic E-state index is -0.663. The van der Waals surface area contributed by atoms with Gasteiger partial charge in [0.15, 0.2) is 11.6 Å². The van der Waals surface area contributed by atoms with Gasteiger partial charge in [0, 0.05) is 32.7 Å². The zero-order valence-electron chi connectivity index (χ0n) is 12.2. The van der Waals surface area contributed by atoms with Crippen molar-refractivity contribution in [3.8, 4) is 5.75 Å². The van der Waals surface area contributed by atoms with Gasteiger partial charge in [0.05, 0.1) is 6.10 Å². The predicted molar refractivity (Wildman–Crippen MR) is 76.5 cm³/mol. The number of aliphatic hydroxyl groups excluding tert-OH is 1. The van der Waals surface area contributed by atoms with Crippen LogP contribution >= 0.6 is 0 Å². The molecule has 1 aromatic carbocycles. The highest BCUT2D eigenvalue weighted by Gasteiger charge is 2.14. The molecule has 20 heavy (non-hydrogen) atoms. The average molecular weight is 282 g/mol. The summed E-state index contributed by atoms with van der Waals surface area (Å²) in [5.41, 5.74) is 0.564. The van der Waals surface area contributed by atoms with E-state index in [1.54, 1.807) is 19.1 Å². The number of halogens is 1. The van der Waals surface area contributed by atoms with Crippen LogP contribution in [0.4, 0.5) is 4.39 Å². The largest absolute Gasteiger partial charge is 0.489 e. The van der Waals surface area contributed by atoms with E-state index in [1.807, 2.05) is 0 Å². The van der Waals surface area contributed by atoms with Gasteiger partial charge in [0.1, 0.15) is 6.61 Å². The van der Waals surface area contributed by atoms with Crippen molar-refractivity contribution in [1.29, 1.82) is 0 Å². The first kappa shape index (κ1) is 15.2. The molecule has 1 N–H and O–H groups in total. The Kier molecular flexibility index (Phi) is 5.34. The maximum Gasteiger partial charge on any atom is 0.165 e. The van der Waals surface area contributed by atoms with Gasteiger partial charge in [-0.15, -0.1) is 0 Å². The lowest BCUT2D eigenvalue weighted by Crippen LogP contribution is -2.45. The number of piperazine rings is 1. The number of nitrogens with zero attached hydrogens (tertiary/aromatic N) is 2. The molecule has 1 heterocycles. The molecule has 1 saturated heterocycles. The molecule has 0 amide bonds. The van der Waals surface area contributed by atoms with E-state index in [4.69, 9.17) is 4.74 Å². The molecule has 0 spiro atoms. The van der Waals surface area contributed by atoms with Crippen LogP contribution in [0.3, 0.4) is 0 Å². The fourth-order valence-corrected chi connectivity index (χ4v) is 2.25. The highest BCUT2D eigenvalue weighted by atomic mass is 19.1. The Morgan fingerprint density at radius 1 is 1.30 bits per heavy atom. The van der Waals surface area contributed by atoms with E-state index in [9.17, 15) is 9.50 Å². The molecule has 0 aliphatic carbocycles. The zero-order valence-corrected chi connectivity index (χ0v) is 12.2. The van der Waals surface area contributed by atoms with Gasteiger partial charge >= 0.3 is 0 Å². The molecule has 4 nitrogen and oxygen atoms in total. The van der Waals surface area contributed by atoms with E-state index in [2.05, 4.69) is 16.8 Å². The summed E-state index contributed by atoms with van der Waals surface area (Å²) in [6.07, 6.45) is -0.663. The summed E-state index contributed by atoms with van der Waals surface area (Å²) >= 11 is 0. The Bertz CT molecular complexity index is 432. The first-order valence-corrected chi connectivity index (χ1v) is 7.07. The van der Waals surface area contributed by atoms with Crippen molar-refractivity contribution >= 4 is 0 Å². The van der Waals surface area contributed by atoms with Gasteiger partial charge in [-0.2, -0.15) is 0 Å². The average Bonchev–Trinajstić information content (AvgIpc) is 2.42. The van der Waals surface area contributed by atoms with Gasteiger partial charge in [-0.05, 0) is 31.7 Å². The Morgan fingerprint density at radius 3 is 2.60 bits per heavy atom. The number of ether oxygens (including phenoxy) is 1. The lowest BCUT2D eigenvalue weighted by atomic mass is 10.1. The number of hydrogen-bond donors (Lipinski definition) is 1. The first-order chi connectivity index (χ1) is 9.56. The van der Waals surface area contributed by atoms with E-state index >= 15 is 0 Å². The molecule has 0 bridgehead atoms. The Morgan fingerprint density at radius 2 is 2.00 bits per heavy atom. The Labute approximate surface area is 119 Å². The second-order valence-corrected chi connectivity index (χ2v) is 5.36. The molecule has 0 aromatic heterocycles. The predicted octanol–water partition coefficient (Wildman–Crippen LogP) is 1.51. The highest BCUT2D eigenvalue weighted by Crippen LogP contribution is 2.21. The molecule has 1 aliphatic rings. The summed E-state index contributed by atoms with van der Waals surface area (Å²) < 4.78 is 19.3. The number of benzene rings is 1.